The number of aromatic nitrogens is 3. The SMILES string of the molecule is Nc1ccc(-n2nncc2-c2ccc(F)cc2)cc1. The lowest BCUT2D eigenvalue weighted by Crippen LogP contribution is -1.99. The van der Waals surface area contributed by atoms with Crippen LogP contribution in [0.15, 0.2) is 54.7 Å². The predicted octanol–water partition coefficient (Wildman–Crippen LogP) is 2.66. The van der Waals surface area contributed by atoms with Crippen molar-refractivity contribution in [3.8, 4) is 16.9 Å². The summed E-state index contributed by atoms with van der Waals surface area (Å²) in [4.78, 5) is 0. The first-order chi connectivity index (χ1) is 9.24. The highest BCUT2D eigenvalue weighted by Gasteiger charge is 2.08. The van der Waals surface area contributed by atoms with E-state index in [1.807, 2.05) is 12.1 Å². The average molecular weight is 254 g/mol. The highest BCUT2D eigenvalue weighted by Crippen LogP contribution is 2.22. The molecule has 0 aliphatic rings. The van der Waals surface area contributed by atoms with Gasteiger partial charge in [-0.2, -0.15) is 0 Å². The number of nitrogens with two attached hydrogens (primary N) is 1. The molecule has 0 saturated heterocycles. The van der Waals surface area contributed by atoms with Crippen molar-refractivity contribution in [1.82, 2.24) is 15.0 Å². The molecule has 0 aliphatic heterocycles. The molecular weight excluding hydrogens is 243 g/mol. The van der Waals surface area contributed by atoms with E-state index in [1.54, 1.807) is 35.1 Å². The van der Waals surface area contributed by atoms with Crippen LogP contribution < -0.4 is 5.73 Å². The van der Waals surface area contributed by atoms with Crippen LogP contribution >= 0.6 is 0 Å². The summed E-state index contributed by atoms with van der Waals surface area (Å²) >= 11 is 0. The van der Waals surface area contributed by atoms with E-state index in [9.17, 15) is 4.39 Å². The van der Waals surface area contributed by atoms with Crippen LogP contribution in [0.25, 0.3) is 16.9 Å². The van der Waals surface area contributed by atoms with Crippen LogP contribution in [0.4, 0.5) is 10.1 Å². The number of benzene rings is 2. The quantitative estimate of drug-likeness (QED) is 0.715. The maximum Gasteiger partial charge on any atom is 0.123 e. The Kier molecular flexibility index (Phi) is 2.72. The van der Waals surface area contributed by atoms with Gasteiger partial charge >= 0.3 is 0 Å². The first-order valence-corrected chi connectivity index (χ1v) is 5.76. The zero-order valence-corrected chi connectivity index (χ0v) is 9.99. The maximum atomic E-state index is 12.9. The standard InChI is InChI=1S/C14H11FN4/c15-11-3-1-10(2-4-11)14-9-17-18-19(14)13-7-5-12(16)6-8-13/h1-9H,16H2. The van der Waals surface area contributed by atoms with Crippen molar-refractivity contribution in [3.63, 3.8) is 0 Å². The minimum Gasteiger partial charge on any atom is -0.399 e. The zero-order chi connectivity index (χ0) is 13.2. The second kappa shape index (κ2) is 4.53. The third kappa shape index (κ3) is 2.18. The highest BCUT2D eigenvalue weighted by atomic mass is 19.1. The van der Waals surface area contributed by atoms with Gasteiger partial charge in [0.25, 0.3) is 0 Å². The molecule has 0 saturated carbocycles. The number of hydrogen-bond acceptors (Lipinski definition) is 3. The lowest BCUT2D eigenvalue weighted by molar-refractivity contribution is 0.628. The Hall–Kier alpha value is -2.69. The number of anilines is 1. The Balaban J connectivity index is 2.07. The van der Waals surface area contributed by atoms with Crippen LogP contribution in [-0.4, -0.2) is 15.0 Å². The van der Waals surface area contributed by atoms with Gasteiger partial charge in [-0.1, -0.05) is 5.21 Å². The minimum atomic E-state index is -0.268. The summed E-state index contributed by atoms with van der Waals surface area (Å²) < 4.78 is 14.6. The van der Waals surface area contributed by atoms with Gasteiger partial charge in [-0.05, 0) is 48.5 Å². The summed E-state index contributed by atoms with van der Waals surface area (Å²) in [5, 5.41) is 7.95. The van der Waals surface area contributed by atoms with Gasteiger partial charge < -0.3 is 5.73 Å². The zero-order valence-electron chi connectivity index (χ0n) is 9.99. The van der Waals surface area contributed by atoms with Crippen molar-refractivity contribution in [1.29, 1.82) is 0 Å². The van der Waals surface area contributed by atoms with E-state index in [-0.39, 0.29) is 5.82 Å². The van der Waals surface area contributed by atoms with Crippen molar-refractivity contribution < 1.29 is 4.39 Å². The topological polar surface area (TPSA) is 56.7 Å². The fraction of sp³-hybridized carbons (Fsp3) is 0. The summed E-state index contributed by atoms with van der Waals surface area (Å²) in [6.45, 7) is 0. The Labute approximate surface area is 109 Å². The molecule has 19 heavy (non-hydrogen) atoms. The smallest absolute Gasteiger partial charge is 0.123 e. The molecule has 2 N–H and O–H groups in total. The van der Waals surface area contributed by atoms with Crippen LogP contribution in [0.2, 0.25) is 0 Å². The summed E-state index contributed by atoms with van der Waals surface area (Å²) in [7, 11) is 0. The fourth-order valence-corrected chi connectivity index (χ4v) is 1.86. The van der Waals surface area contributed by atoms with Crippen molar-refractivity contribution in [2.75, 3.05) is 5.73 Å². The molecule has 0 atom stereocenters. The average Bonchev–Trinajstić information content (AvgIpc) is 2.90. The third-order valence-electron chi connectivity index (χ3n) is 2.83. The number of halogens is 1. The third-order valence-corrected chi connectivity index (χ3v) is 2.83. The molecule has 2 aromatic carbocycles. The van der Waals surface area contributed by atoms with Gasteiger partial charge in [-0.15, -0.1) is 5.10 Å². The molecule has 1 aromatic heterocycles. The van der Waals surface area contributed by atoms with Crippen LogP contribution in [0.5, 0.6) is 0 Å². The van der Waals surface area contributed by atoms with E-state index >= 15 is 0 Å². The molecule has 0 spiro atoms. The number of nitrogen functional groups attached to an aromatic ring is 1. The van der Waals surface area contributed by atoms with Gasteiger partial charge in [0.05, 0.1) is 17.6 Å². The van der Waals surface area contributed by atoms with E-state index in [2.05, 4.69) is 10.3 Å². The van der Waals surface area contributed by atoms with Gasteiger partial charge in [-0.25, -0.2) is 9.07 Å². The lowest BCUT2D eigenvalue weighted by Gasteiger charge is -2.06. The lowest BCUT2D eigenvalue weighted by atomic mass is 10.1. The van der Waals surface area contributed by atoms with Gasteiger partial charge in [-0.3, -0.25) is 0 Å². The Morgan fingerprint density at radius 1 is 0.947 bits per heavy atom. The van der Waals surface area contributed by atoms with E-state index < -0.39 is 0 Å². The van der Waals surface area contributed by atoms with Gasteiger partial charge in [0.1, 0.15) is 5.82 Å². The monoisotopic (exact) mass is 254 g/mol. The first kappa shape index (κ1) is 11.4. The number of nitrogens with zero attached hydrogens (tertiary/aromatic N) is 3. The molecule has 0 bridgehead atoms. The summed E-state index contributed by atoms with van der Waals surface area (Å²) in [6, 6.07) is 13.5. The second-order valence-electron chi connectivity index (χ2n) is 4.13. The van der Waals surface area contributed by atoms with Crippen LogP contribution in [0.1, 0.15) is 0 Å². The molecule has 0 unspecified atom stereocenters. The van der Waals surface area contributed by atoms with Crippen LogP contribution in [0.3, 0.4) is 0 Å². The molecule has 0 fully saturated rings. The molecule has 0 amide bonds. The molecule has 94 valence electrons. The largest absolute Gasteiger partial charge is 0.399 e. The van der Waals surface area contributed by atoms with Crippen molar-refractivity contribution in [2.24, 2.45) is 0 Å². The van der Waals surface area contributed by atoms with Crippen molar-refractivity contribution in [3.05, 3.63) is 60.5 Å². The second-order valence-corrected chi connectivity index (χ2v) is 4.13. The molecular formula is C14H11FN4. The summed E-state index contributed by atoms with van der Waals surface area (Å²) in [5.74, 6) is -0.268. The van der Waals surface area contributed by atoms with Gasteiger partial charge in [0, 0.05) is 11.3 Å². The van der Waals surface area contributed by atoms with E-state index in [1.165, 1.54) is 12.1 Å². The number of rotatable bonds is 2. The van der Waals surface area contributed by atoms with E-state index in [0.29, 0.717) is 5.69 Å². The van der Waals surface area contributed by atoms with Crippen LogP contribution in [-0.2, 0) is 0 Å². The van der Waals surface area contributed by atoms with Crippen molar-refractivity contribution >= 4 is 5.69 Å². The molecule has 4 nitrogen and oxygen atoms in total. The molecule has 1 heterocycles. The Morgan fingerprint density at radius 2 is 1.63 bits per heavy atom. The van der Waals surface area contributed by atoms with Crippen LogP contribution in [0, 0.1) is 5.82 Å². The summed E-state index contributed by atoms with van der Waals surface area (Å²) in [5.41, 5.74) is 8.85. The van der Waals surface area contributed by atoms with E-state index in [4.69, 9.17) is 5.73 Å². The number of hydrogen-bond donors (Lipinski definition) is 1. The maximum absolute atomic E-state index is 12.9. The summed E-state index contributed by atoms with van der Waals surface area (Å²) in [6.07, 6.45) is 1.64. The first-order valence-electron chi connectivity index (χ1n) is 5.76. The molecule has 5 heteroatoms. The Morgan fingerprint density at radius 3 is 2.32 bits per heavy atom. The molecule has 3 aromatic rings. The van der Waals surface area contributed by atoms with E-state index in [0.717, 1.165) is 16.9 Å². The van der Waals surface area contributed by atoms with Gasteiger partial charge in [0.15, 0.2) is 0 Å². The predicted molar refractivity (Wildman–Crippen MR) is 71.2 cm³/mol. The Bertz CT molecular complexity index is 626. The highest BCUT2D eigenvalue weighted by molar-refractivity contribution is 5.61. The van der Waals surface area contributed by atoms with Gasteiger partial charge in [0.2, 0.25) is 0 Å². The normalized spacial score (nSPS) is 10.6. The fourth-order valence-electron chi connectivity index (χ4n) is 1.86. The molecule has 3 rings (SSSR count). The minimum absolute atomic E-state index is 0.268. The van der Waals surface area contributed by atoms with Crippen molar-refractivity contribution in [2.45, 2.75) is 0 Å². The molecule has 0 radical (unpaired) electrons. The molecule has 0 aliphatic carbocycles.